The first-order valence-corrected chi connectivity index (χ1v) is 7.53. The molecule has 4 N–H and O–H groups in total. The van der Waals surface area contributed by atoms with E-state index in [1.807, 2.05) is 5.20 Å². The fraction of sp³-hybridized carbons (Fsp3) is 0. The molecule has 0 bridgehead atoms. The van der Waals surface area contributed by atoms with E-state index in [4.69, 9.17) is 9.79 Å². The third-order valence-electron chi connectivity index (χ3n) is 1.37. The van der Waals surface area contributed by atoms with E-state index in [0.29, 0.717) is 10.2 Å². The highest BCUT2D eigenvalue weighted by Crippen LogP contribution is 2.37. The van der Waals surface area contributed by atoms with E-state index in [2.05, 4.69) is 53.2 Å². The summed E-state index contributed by atoms with van der Waals surface area (Å²) in [5.41, 5.74) is 2.92. The van der Waals surface area contributed by atoms with Gasteiger partial charge in [-0.1, -0.05) is 0 Å². The van der Waals surface area contributed by atoms with Gasteiger partial charge in [-0.15, -0.1) is 5.20 Å². The molecule has 0 aliphatic heterocycles. The molecule has 0 aliphatic rings. The predicted octanol–water partition coefficient (Wildman–Crippen LogP) is 2.98. The highest BCUT2D eigenvalue weighted by Gasteiger charge is 2.13. The standard InChI is InChI=1S/C6H6Br3N2O3P/c7-3-1-2-4(6(9)5(3)8)10-11-15(12,13)14/h1-2,10H,(H3,11,12,13,14). The SMILES string of the molecule is O=P(O)(O)NNc1ccc(Br)c(Br)c1Br. The van der Waals surface area contributed by atoms with Gasteiger partial charge in [-0.25, -0.2) is 4.57 Å². The molecule has 5 nitrogen and oxygen atoms in total. The number of rotatable bonds is 3. The smallest absolute Gasteiger partial charge is 0.311 e. The van der Waals surface area contributed by atoms with Gasteiger partial charge in [0.2, 0.25) is 0 Å². The summed E-state index contributed by atoms with van der Waals surface area (Å²) in [6, 6.07) is 3.39. The molecular formula is C6H6Br3N2O3P. The number of hydrazine groups is 1. The Morgan fingerprint density at radius 3 is 2.27 bits per heavy atom. The van der Waals surface area contributed by atoms with Crippen molar-refractivity contribution in [3.63, 3.8) is 0 Å². The number of hydrogen-bond donors (Lipinski definition) is 4. The highest BCUT2D eigenvalue weighted by molar-refractivity contribution is 9.14. The Labute approximate surface area is 111 Å². The van der Waals surface area contributed by atoms with Crippen molar-refractivity contribution >= 4 is 61.2 Å². The van der Waals surface area contributed by atoms with Crippen LogP contribution in [0.1, 0.15) is 0 Å². The Balaban J connectivity index is 2.88. The van der Waals surface area contributed by atoms with E-state index < -0.39 is 7.75 Å². The van der Waals surface area contributed by atoms with Crippen molar-refractivity contribution < 1.29 is 14.4 Å². The maximum atomic E-state index is 10.6. The summed E-state index contributed by atoms with van der Waals surface area (Å²) < 4.78 is 12.8. The van der Waals surface area contributed by atoms with Gasteiger partial charge in [-0.05, 0) is 59.9 Å². The van der Waals surface area contributed by atoms with Gasteiger partial charge in [0, 0.05) is 8.95 Å². The second-order valence-electron chi connectivity index (χ2n) is 2.50. The molecule has 1 rings (SSSR count). The molecule has 1 aromatic carbocycles. The Morgan fingerprint density at radius 2 is 1.73 bits per heavy atom. The Hall–Kier alpha value is 0.570. The van der Waals surface area contributed by atoms with Gasteiger partial charge in [0.15, 0.2) is 0 Å². The maximum Gasteiger partial charge on any atom is 0.417 e. The fourth-order valence-electron chi connectivity index (χ4n) is 0.755. The zero-order valence-electron chi connectivity index (χ0n) is 7.04. The largest absolute Gasteiger partial charge is 0.417 e. The number of anilines is 1. The van der Waals surface area contributed by atoms with Crippen LogP contribution in [0.15, 0.2) is 25.6 Å². The summed E-state index contributed by atoms with van der Waals surface area (Å²) in [6.45, 7) is 0. The molecule has 9 heteroatoms. The summed E-state index contributed by atoms with van der Waals surface area (Å²) >= 11 is 9.85. The second kappa shape index (κ2) is 5.27. The second-order valence-corrected chi connectivity index (χ2v) is 6.26. The summed E-state index contributed by atoms with van der Waals surface area (Å²) in [5, 5.41) is 1.88. The summed E-state index contributed by atoms with van der Waals surface area (Å²) in [5.74, 6) is 0. The quantitative estimate of drug-likeness (QED) is 0.341. The minimum Gasteiger partial charge on any atom is -0.311 e. The van der Waals surface area contributed by atoms with Crippen molar-refractivity contribution in [2.75, 3.05) is 5.43 Å². The monoisotopic (exact) mass is 422 g/mol. The van der Waals surface area contributed by atoms with Crippen LogP contribution >= 0.6 is 55.5 Å². The molecule has 15 heavy (non-hydrogen) atoms. The van der Waals surface area contributed by atoms with Crippen LogP contribution < -0.4 is 10.6 Å². The molecule has 0 amide bonds. The molecule has 0 aliphatic carbocycles. The molecule has 0 heterocycles. The highest BCUT2D eigenvalue weighted by atomic mass is 79.9. The van der Waals surface area contributed by atoms with Crippen molar-refractivity contribution in [3.05, 3.63) is 25.6 Å². The number of hydrogen-bond acceptors (Lipinski definition) is 2. The first-order valence-electron chi connectivity index (χ1n) is 3.53. The number of benzene rings is 1. The van der Waals surface area contributed by atoms with Crippen molar-refractivity contribution in [2.24, 2.45) is 0 Å². The molecule has 0 spiro atoms. The van der Waals surface area contributed by atoms with Crippen molar-refractivity contribution in [2.45, 2.75) is 0 Å². The molecule has 0 unspecified atom stereocenters. The molecule has 0 atom stereocenters. The number of nitrogens with one attached hydrogen (secondary N) is 2. The maximum absolute atomic E-state index is 10.6. The van der Waals surface area contributed by atoms with Gasteiger partial charge in [-0.3, -0.25) is 0 Å². The van der Waals surface area contributed by atoms with Gasteiger partial charge in [-0.2, -0.15) is 0 Å². The fourth-order valence-corrected chi connectivity index (χ4v) is 2.41. The molecule has 0 fully saturated rings. The lowest BCUT2D eigenvalue weighted by Gasteiger charge is -2.12. The van der Waals surface area contributed by atoms with Gasteiger partial charge >= 0.3 is 7.75 Å². The van der Waals surface area contributed by atoms with Crippen LogP contribution in [-0.2, 0) is 4.57 Å². The lowest BCUT2D eigenvalue weighted by Crippen LogP contribution is -2.18. The summed E-state index contributed by atoms with van der Waals surface area (Å²) in [6.07, 6.45) is 0. The Morgan fingerprint density at radius 1 is 1.13 bits per heavy atom. The van der Waals surface area contributed by atoms with Crippen LogP contribution in [0.2, 0.25) is 0 Å². The van der Waals surface area contributed by atoms with Crippen molar-refractivity contribution in [3.8, 4) is 0 Å². The summed E-state index contributed by atoms with van der Waals surface area (Å²) in [4.78, 5) is 17.2. The van der Waals surface area contributed by atoms with Crippen LogP contribution in [0.3, 0.4) is 0 Å². The lowest BCUT2D eigenvalue weighted by molar-refractivity contribution is 0.362. The number of halogens is 3. The molecule has 0 saturated heterocycles. The zero-order valence-corrected chi connectivity index (χ0v) is 12.7. The van der Waals surface area contributed by atoms with E-state index in [1.165, 1.54) is 0 Å². The molecule has 1 aromatic rings. The van der Waals surface area contributed by atoms with Crippen LogP contribution in [0.4, 0.5) is 5.69 Å². The van der Waals surface area contributed by atoms with E-state index in [0.717, 1.165) is 8.95 Å². The van der Waals surface area contributed by atoms with E-state index in [-0.39, 0.29) is 0 Å². The van der Waals surface area contributed by atoms with Gasteiger partial charge in [0.25, 0.3) is 0 Å². The topological polar surface area (TPSA) is 81.6 Å². The minimum atomic E-state index is -4.29. The predicted molar refractivity (Wildman–Crippen MR) is 68.3 cm³/mol. The van der Waals surface area contributed by atoms with Crippen molar-refractivity contribution in [1.29, 1.82) is 0 Å². The van der Waals surface area contributed by atoms with Gasteiger partial charge in [0.1, 0.15) is 0 Å². The molecule has 84 valence electrons. The zero-order chi connectivity index (χ0) is 11.6. The first kappa shape index (κ1) is 13.6. The Bertz CT molecular complexity index is 422. The van der Waals surface area contributed by atoms with Crippen LogP contribution in [0.5, 0.6) is 0 Å². The molecule has 0 radical (unpaired) electrons. The first-order chi connectivity index (χ1) is 6.81. The normalized spacial score (nSPS) is 11.5. The third kappa shape index (κ3) is 4.14. The lowest BCUT2D eigenvalue weighted by atomic mass is 10.3. The van der Waals surface area contributed by atoms with E-state index in [9.17, 15) is 4.57 Å². The average molecular weight is 425 g/mol. The summed E-state index contributed by atoms with van der Waals surface area (Å²) in [7, 11) is -4.29. The van der Waals surface area contributed by atoms with Crippen LogP contribution in [-0.4, -0.2) is 9.79 Å². The van der Waals surface area contributed by atoms with Gasteiger partial charge < -0.3 is 15.2 Å². The molecular weight excluding hydrogens is 419 g/mol. The van der Waals surface area contributed by atoms with Crippen LogP contribution in [0.25, 0.3) is 0 Å². The van der Waals surface area contributed by atoms with Crippen molar-refractivity contribution in [1.82, 2.24) is 5.20 Å². The third-order valence-corrected chi connectivity index (χ3v) is 5.15. The van der Waals surface area contributed by atoms with Crippen LogP contribution in [0, 0.1) is 0 Å². The minimum absolute atomic E-state index is 0.508. The Kier molecular flexibility index (Phi) is 4.79. The average Bonchev–Trinajstić information content (AvgIpc) is 2.12. The van der Waals surface area contributed by atoms with Gasteiger partial charge in [0.05, 0.1) is 10.2 Å². The van der Waals surface area contributed by atoms with E-state index >= 15 is 0 Å². The molecule has 0 aromatic heterocycles. The van der Waals surface area contributed by atoms with E-state index in [1.54, 1.807) is 12.1 Å². The molecule has 0 saturated carbocycles.